The van der Waals surface area contributed by atoms with Crippen molar-refractivity contribution in [1.29, 1.82) is 5.26 Å². The van der Waals surface area contributed by atoms with Gasteiger partial charge in [-0.1, -0.05) is 18.2 Å². The molecule has 1 N–H and O–H groups in total. The number of carbonyl (C=O) groups excluding carboxylic acids is 1. The van der Waals surface area contributed by atoms with Crippen molar-refractivity contribution in [3.8, 4) is 6.07 Å². The number of ketones is 1. The van der Waals surface area contributed by atoms with Gasteiger partial charge in [-0.15, -0.1) is 0 Å². The smallest absolute Gasteiger partial charge is 0.240 e. The van der Waals surface area contributed by atoms with Crippen molar-refractivity contribution in [2.75, 3.05) is 18.0 Å². The summed E-state index contributed by atoms with van der Waals surface area (Å²) in [5.41, 5.74) is 1.82. The van der Waals surface area contributed by atoms with E-state index < -0.39 is 10.0 Å². The zero-order chi connectivity index (χ0) is 19.4. The highest BCUT2D eigenvalue weighted by atomic mass is 32.2. The standard InChI is InChI=1S/C20H21N3O3S/c1-15(24)19-8-7-16(14-21)13-20(19)23-11-9-17(10-12-23)22-27(25,26)18-5-3-2-4-6-18/h2-8,13,17,22H,9-12H2,1H3. The SMILES string of the molecule is CC(=O)c1ccc(C#N)cc1N1CCC(NS(=O)(=O)c2ccccc2)CC1. The first kappa shape index (κ1) is 19.1. The Morgan fingerprint density at radius 3 is 2.41 bits per heavy atom. The molecule has 1 aliphatic heterocycles. The molecule has 1 saturated heterocycles. The summed E-state index contributed by atoms with van der Waals surface area (Å²) in [6.07, 6.45) is 1.25. The molecule has 0 aromatic heterocycles. The molecule has 2 aromatic rings. The van der Waals surface area contributed by atoms with Crippen LogP contribution in [0.15, 0.2) is 53.4 Å². The normalized spacial score (nSPS) is 15.3. The number of carbonyl (C=O) groups is 1. The van der Waals surface area contributed by atoms with Crippen LogP contribution in [0.3, 0.4) is 0 Å². The summed E-state index contributed by atoms with van der Waals surface area (Å²) in [6.45, 7) is 2.72. The van der Waals surface area contributed by atoms with Crippen molar-refractivity contribution < 1.29 is 13.2 Å². The minimum Gasteiger partial charge on any atom is -0.371 e. The molecule has 27 heavy (non-hydrogen) atoms. The third kappa shape index (κ3) is 4.35. The molecule has 140 valence electrons. The van der Waals surface area contributed by atoms with Gasteiger partial charge in [0.05, 0.1) is 16.5 Å². The lowest BCUT2D eigenvalue weighted by Crippen LogP contribution is -2.45. The van der Waals surface area contributed by atoms with Crippen LogP contribution in [0.1, 0.15) is 35.7 Å². The Bertz CT molecular complexity index is 973. The maximum absolute atomic E-state index is 12.5. The lowest BCUT2D eigenvalue weighted by atomic mass is 10.0. The largest absolute Gasteiger partial charge is 0.371 e. The average molecular weight is 383 g/mol. The van der Waals surface area contributed by atoms with Gasteiger partial charge in [-0.2, -0.15) is 5.26 Å². The summed E-state index contributed by atoms with van der Waals surface area (Å²) in [6, 6.07) is 15.3. The van der Waals surface area contributed by atoms with Crippen molar-refractivity contribution in [1.82, 2.24) is 4.72 Å². The number of hydrogen-bond donors (Lipinski definition) is 1. The quantitative estimate of drug-likeness (QED) is 0.802. The van der Waals surface area contributed by atoms with E-state index in [1.165, 1.54) is 6.92 Å². The Labute approximate surface area is 159 Å². The molecule has 0 spiro atoms. The maximum Gasteiger partial charge on any atom is 0.240 e. The molecular formula is C20H21N3O3S. The molecule has 0 bridgehead atoms. The highest BCUT2D eigenvalue weighted by Gasteiger charge is 2.26. The minimum atomic E-state index is -3.54. The van der Waals surface area contributed by atoms with Crippen LogP contribution in [0.2, 0.25) is 0 Å². The van der Waals surface area contributed by atoms with E-state index in [1.54, 1.807) is 48.5 Å². The summed E-state index contributed by atoms with van der Waals surface area (Å²) < 4.78 is 27.7. The van der Waals surface area contributed by atoms with Gasteiger partial charge in [0.1, 0.15) is 0 Å². The molecular weight excluding hydrogens is 362 g/mol. The number of nitrogens with one attached hydrogen (secondary N) is 1. The van der Waals surface area contributed by atoms with Crippen LogP contribution in [0.4, 0.5) is 5.69 Å². The van der Waals surface area contributed by atoms with E-state index in [4.69, 9.17) is 5.26 Å². The summed E-state index contributed by atoms with van der Waals surface area (Å²) in [5.74, 6) is -0.0543. The van der Waals surface area contributed by atoms with Gasteiger partial charge in [-0.25, -0.2) is 13.1 Å². The molecule has 1 aliphatic rings. The number of rotatable bonds is 5. The van der Waals surface area contributed by atoms with Gasteiger partial charge in [-0.3, -0.25) is 4.79 Å². The van der Waals surface area contributed by atoms with Crippen LogP contribution < -0.4 is 9.62 Å². The van der Waals surface area contributed by atoms with Crippen molar-refractivity contribution in [2.24, 2.45) is 0 Å². The third-order valence-corrected chi connectivity index (χ3v) is 6.25. The van der Waals surface area contributed by atoms with Crippen molar-refractivity contribution in [3.63, 3.8) is 0 Å². The molecule has 0 radical (unpaired) electrons. The Morgan fingerprint density at radius 2 is 1.81 bits per heavy atom. The predicted octanol–water partition coefficient (Wildman–Crippen LogP) is 2.71. The topological polar surface area (TPSA) is 90.3 Å². The number of nitriles is 1. The van der Waals surface area contributed by atoms with E-state index in [0.29, 0.717) is 37.1 Å². The fourth-order valence-electron chi connectivity index (χ4n) is 3.29. The molecule has 1 heterocycles. The van der Waals surface area contributed by atoms with Gasteiger partial charge in [0.2, 0.25) is 10.0 Å². The van der Waals surface area contributed by atoms with Gasteiger partial charge in [0, 0.05) is 30.4 Å². The van der Waals surface area contributed by atoms with Crippen LogP contribution in [-0.2, 0) is 10.0 Å². The third-order valence-electron chi connectivity index (χ3n) is 4.72. The number of sulfonamides is 1. The number of hydrogen-bond acceptors (Lipinski definition) is 5. The summed E-state index contributed by atoms with van der Waals surface area (Å²) in [5, 5.41) is 9.14. The lowest BCUT2D eigenvalue weighted by Gasteiger charge is -2.34. The Kier molecular flexibility index (Phi) is 5.59. The number of piperidine rings is 1. The second-order valence-corrected chi connectivity index (χ2v) is 8.31. The second kappa shape index (κ2) is 7.91. The zero-order valence-electron chi connectivity index (χ0n) is 15.1. The van der Waals surface area contributed by atoms with Crippen LogP contribution in [0, 0.1) is 11.3 Å². The number of nitrogens with zero attached hydrogens (tertiary/aromatic N) is 2. The van der Waals surface area contributed by atoms with E-state index in [-0.39, 0.29) is 16.7 Å². The molecule has 0 atom stereocenters. The van der Waals surface area contributed by atoms with Crippen LogP contribution >= 0.6 is 0 Å². The molecule has 6 nitrogen and oxygen atoms in total. The fourth-order valence-corrected chi connectivity index (χ4v) is 4.61. The number of anilines is 1. The van der Waals surface area contributed by atoms with Gasteiger partial charge in [-0.05, 0) is 50.1 Å². The van der Waals surface area contributed by atoms with Crippen LogP contribution in [-0.4, -0.2) is 33.3 Å². The average Bonchev–Trinajstić information content (AvgIpc) is 2.68. The molecule has 7 heteroatoms. The monoisotopic (exact) mass is 383 g/mol. The predicted molar refractivity (Wildman–Crippen MR) is 103 cm³/mol. The first-order valence-corrected chi connectivity index (χ1v) is 10.3. The summed E-state index contributed by atoms with van der Waals surface area (Å²) in [7, 11) is -3.54. The van der Waals surface area contributed by atoms with Crippen molar-refractivity contribution >= 4 is 21.5 Å². The van der Waals surface area contributed by atoms with E-state index in [2.05, 4.69) is 10.8 Å². The van der Waals surface area contributed by atoms with Crippen LogP contribution in [0.5, 0.6) is 0 Å². The van der Waals surface area contributed by atoms with Crippen molar-refractivity contribution in [3.05, 3.63) is 59.7 Å². The van der Waals surface area contributed by atoms with Gasteiger partial charge < -0.3 is 4.90 Å². The van der Waals surface area contributed by atoms with E-state index in [1.807, 2.05) is 4.90 Å². The molecule has 0 saturated carbocycles. The summed E-state index contributed by atoms with van der Waals surface area (Å²) >= 11 is 0. The first-order valence-electron chi connectivity index (χ1n) is 8.78. The Morgan fingerprint density at radius 1 is 1.15 bits per heavy atom. The molecule has 0 amide bonds. The maximum atomic E-state index is 12.5. The minimum absolute atomic E-state index is 0.0543. The Balaban J connectivity index is 1.71. The second-order valence-electron chi connectivity index (χ2n) is 6.60. The van der Waals surface area contributed by atoms with Gasteiger partial charge in [0.25, 0.3) is 0 Å². The van der Waals surface area contributed by atoms with Gasteiger partial charge >= 0.3 is 0 Å². The molecule has 3 rings (SSSR count). The molecule has 2 aromatic carbocycles. The number of benzene rings is 2. The van der Waals surface area contributed by atoms with Crippen molar-refractivity contribution in [2.45, 2.75) is 30.7 Å². The highest BCUT2D eigenvalue weighted by molar-refractivity contribution is 7.89. The van der Waals surface area contributed by atoms with E-state index >= 15 is 0 Å². The fraction of sp³-hybridized carbons (Fsp3) is 0.300. The van der Waals surface area contributed by atoms with Gasteiger partial charge in [0.15, 0.2) is 5.78 Å². The molecule has 1 fully saturated rings. The molecule has 0 aliphatic carbocycles. The first-order chi connectivity index (χ1) is 12.9. The Hall–Kier alpha value is -2.69. The zero-order valence-corrected chi connectivity index (χ0v) is 15.9. The lowest BCUT2D eigenvalue weighted by molar-refractivity contribution is 0.101. The summed E-state index contributed by atoms with van der Waals surface area (Å²) in [4.78, 5) is 14.2. The van der Waals surface area contributed by atoms with E-state index in [0.717, 1.165) is 5.69 Å². The van der Waals surface area contributed by atoms with E-state index in [9.17, 15) is 13.2 Å². The number of Topliss-reactive ketones (excluding diaryl/α,β-unsaturated/α-hetero) is 1. The molecule has 0 unspecified atom stereocenters. The van der Waals surface area contributed by atoms with Crippen LogP contribution in [0.25, 0.3) is 0 Å². The highest BCUT2D eigenvalue weighted by Crippen LogP contribution is 2.26.